The van der Waals surface area contributed by atoms with Crippen LogP contribution in [-0.2, 0) is 0 Å². The van der Waals surface area contributed by atoms with Crippen molar-refractivity contribution in [3.05, 3.63) is 71.6 Å². The molecule has 0 aliphatic heterocycles. The number of hydrogen-bond acceptors (Lipinski definition) is 5. The van der Waals surface area contributed by atoms with Crippen molar-refractivity contribution in [3.63, 3.8) is 0 Å². The van der Waals surface area contributed by atoms with Crippen molar-refractivity contribution in [2.24, 2.45) is 0 Å². The quantitative estimate of drug-likeness (QED) is 0.543. The molecule has 4 aromatic rings. The Hall–Kier alpha value is -3.25. The molecule has 2 aromatic heterocycles. The van der Waals surface area contributed by atoms with Crippen LogP contribution in [0.15, 0.2) is 61.1 Å². The molecule has 26 heavy (non-hydrogen) atoms. The summed E-state index contributed by atoms with van der Waals surface area (Å²) < 4.78 is 1.68. The van der Waals surface area contributed by atoms with Gasteiger partial charge in [0.2, 0.25) is 0 Å². The molecule has 2 heterocycles. The Morgan fingerprint density at radius 1 is 1.08 bits per heavy atom. The highest BCUT2D eigenvalue weighted by Crippen LogP contribution is 2.27. The summed E-state index contributed by atoms with van der Waals surface area (Å²) in [7, 11) is 0. The number of ketones is 1. The van der Waals surface area contributed by atoms with Gasteiger partial charge in [0.05, 0.1) is 22.3 Å². The van der Waals surface area contributed by atoms with Crippen molar-refractivity contribution >= 4 is 39.9 Å². The monoisotopic (exact) mass is 363 g/mol. The number of carbonyl (C=O) groups is 1. The van der Waals surface area contributed by atoms with Crippen molar-refractivity contribution < 1.29 is 4.79 Å². The largest absolute Gasteiger partial charge is 0.340 e. The molecule has 0 spiro atoms. The second-order valence-corrected chi connectivity index (χ2v) is 6.13. The first-order valence-electron chi connectivity index (χ1n) is 7.95. The van der Waals surface area contributed by atoms with Gasteiger partial charge in [-0.3, -0.25) is 4.79 Å². The van der Waals surface area contributed by atoms with Crippen LogP contribution in [0.25, 0.3) is 16.7 Å². The lowest BCUT2D eigenvalue weighted by Gasteiger charge is -2.08. The third kappa shape index (κ3) is 2.91. The molecule has 0 amide bonds. The summed E-state index contributed by atoms with van der Waals surface area (Å²) in [6.07, 6.45) is 3.18. The fourth-order valence-electron chi connectivity index (χ4n) is 2.67. The van der Waals surface area contributed by atoms with Crippen LogP contribution in [0.1, 0.15) is 17.3 Å². The van der Waals surface area contributed by atoms with Gasteiger partial charge >= 0.3 is 0 Å². The van der Waals surface area contributed by atoms with Crippen LogP contribution >= 0.6 is 11.6 Å². The number of nitrogens with one attached hydrogen (secondary N) is 1. The highest BCUT2D eigenvalue weighted by Gasteiger charge is 2.13. The van der Waals surface area contributed by atoms with Gasteiger partial charge in [-0.05, 0) is 43.3 Å². The Morgan fingerprint density at radius 2 is 1.85 bits per heavy atom. The molecule has 0 bridgehead atoms. The van der Waals surface area contributed by atoms with E-state index in [1.54, 1.807) is 36.0 Å². The number of nitrogens with zero attached hydrogens (tertiary/aromatic N) is 4. The Morgan fingerprint density at radius 3 is 2.58 bits per heavy atom. The molecule has 1 N–H and O–H groups in total. The number of carbonyl (C=O) groups excluding carboxylic acids is 1. The molecule has 2 aromatic carbocycles. The van der Waals surface area contributed by atoms with Crippen molar-refractivity contribution in [3.8, 4) is 5.69 Å². The van der Waals surface area contributed by atoms with Crippen molar-refractivity contribution in [1.82, 2.24) is 19.7 Å². The molecule has 0 aliphatic carbocycles. The summed E-state index contributed by atoms with van der Waals surface area (Å²) in [6, 6.07) is 14.7. The van der Waals surface area contributed by atoms with E-state index < -0.39 is 0 Å². The number of hydrogen-bond donors (Lipinski definition) is 1. The predicted octanol–water partition coefficient (Wildman–Crippen LogP) is 4.42. The molecule has 0 fully saturated rings. The standard InChI is InChI=1S/C19H14ClN5O/c1-12(26)13-6-8-14(9-7-13)24-18-15-10-23-25(19(15)22-11-21-18)17-5-3-2-4-16(17)20/h2-11H,1H3,(H,21,22,24). The van der Waals surface area contributed by atoms with Gasteiger partial charge < -0.3 is 5.32 Å². The van der Waals surface area contributed by atoms with Crippen LogP contribution in [0, 0.1) is 0 Å². The van der Waals surface area contributed by atoms with E-state index in [0.29, 0.717) is 22.1 Å². The first-order chi connectivity index (χ1) is 12.6. The van der Waals surface area contributed by atoms with Crippen LogP contribution in [0.2, 0.25) is 5.02 Å². The van der Waals surface area contributed by atoms with Gasteiger partial charge in [-0.15, -0.1) is 0 Å². The number of anilines is 2. The lowest BCUT2D eigenvalue weighted by atomic mass is 10.1. The molecular formula is C19H14ClN5O. The Bertz CT molecular complexity index is 1100. The number of para-hydroxylation sites is 1. The van der Waals surface area contributed by atoms with Crippen LogP contribution in [0.4, 0.5) is 11.5 Å². The van der Waals surface area contributed by atoms with E-state index in [1.165, 1.54) is 6.33 Å². The minimum Gasteiger partial charge on any atom is -0.340 e. The molecule has 0 radical (unpaired) electrons. The first kappa shape index (κ1) is 16.2. The Balaban J connectivity index is 1.73. The summed E-state index contributed by atoms with van der Waals surface area (Å²) in [5.74, 6) is 0.658. The fourth-order valence-corrected chi connectivity index (χ4v) is 2.88. The number of halogens is 1. The van der Waals surface area contributed by atoms with Crippen molar-refractivity contribution in [2.75, 3.05) is 5.32 Å². The normalized spacial score (nSPS) is 10.8. The van der Waals surface area contributed by atoms with E-state index >= 15 is 0 Å². The molecule has 4 rings (SSSR count). The maximum Gasteiger partial charge on any atom is 0.168 e. The summed E-state index contributed by atoms with van der Waals surface area (Å²) in [5.41, 5.74) is 2.88. The van der Waals surface area contributed by atoms with E-state index in [-0.39, 0.29) is 5.78 Å². The number of benzene rings is 2. The summed E-state index contributed by atoms with van der Waals surface area (Å²) in [4.78, 5) is 20.0. The highest BCUT2D eigenvalue weighted by atomic mass is 35.5. The van der Waals surface area contributed by atoms with Gasteiger partial charge in [0.1, 0.15) is 12.1 Å². The van der Waals surface area contributed by atoms with Crippen LogP contribution in [0.5, 0.6) is 0 Å². The number of aromatic nitrogens is 4. The van der Waals surface area contributed by atoms with E-state index in [2.05, 4.69) is 20.4 Å². The Labute approximate surface area is 154 Å². The second-order valence-electron chi connectivity index (χ2n) is 5.73. The smallest absolute Gasteiger partial charge is 0.168 e. The molecule has 7 heteroatoms. The van der Waals surface area contributed by atoms with E-state index in [1.807, 2.05) is 30.3 Å². The zero-order valence-corrected chi connectivity index (χ0v) is 14.6. The number of fused-ring (bicyclic) bond motifs is 1. The third-order valence-electron chi connectivity index (χ3n) is 4.00. The Kier molecular flexibility index (Phi) is 4.10. The predicted molar refractivity (Wildman–Crippen MR) is 101 cm³/mol. The van der Waals surface area contributed by atoms with Gasteiger partial charge in [-0.25, -0.2) is 14.6 Å². The fraction of sp³-hybridized carbons (Fsp3) is 0.0526. The van der Waals surface area contributed by atoms with Crippen LogP contribution in [-0.4, -0.2) is 25.5 Å². The molecule has 6 nitrogen and oxygen atoms in total. The molecule has 128 valence electrons. The SMILES string of the molecule is CC(=O)c1ccc(Nc2ncnc3c2cnn3-c2ccccc2Cl)cc1. The van der Waals surface area contributed by atoms with Gasteiger partial charge in [0.15, 0.2) is 11.4 Å². The number of Topliss-reactive ketones (excluding diaryl/α,β-unsaturated/α-hetero) is 1. The van der Waals surface area contributed by atoms with Gasteiger partial charge in [-0.2, -0.15) is 5.10 Å². The lowest BCUT2D eigenvalue weighted by molar-refractivity contribution is 0.101. The van der Waals surface area contributed by atoms with Crippen LogP contribution in [0.3, 0.4) is 0 Å². The molecular weight excluding hydrogens is 350 g/mol. The maximum absolute atomic E-state index is 11.4. The lowest BCUT2D eigenvalue weighted by Crippen LogP contribution is -2.00. The zero-order chi connectivity index (χ0) is 18.1. The minimum atomic E-state index is 0.0296. The first-order valence-corrected chi connectivity index (χ1v) is 8.33. The third-order valence-corrected chi connectivity index (χ3v) is 4.32. The van der Waals surface area contributed by atoms with Crippen molar-refractivity contribution in [2.45, 2.75) is 6.92 Å². The van der Waals surface area contributed by atoms with E-state index in [9.17, 15) is 4.79 Å². The van der Waals surface area contributed by atoms with Gasteiger partial charge in [0, 0.05) is 11.3 Å². The molecule has 0 aliphatic rings. The molecule has 0 saturated carbocycles. The molecule has 0 saturated heterocycles. The summed E-state index contributed by atoms with van der Waals surface area (Å²) >= 11 is 6.28. The summed E-state index contributed by atoms with van der Waals surface area (Å²) in [6.45, 7) is 1.54. The molecule has 0 atom stereocenters. The topological polar surface area (TPSA) is 72.7 Å². The minimum absolute atomic E-state index is 0.0296. The average Bonchev–Trinajstić information content (AvgIpc) is 3.07. The van der Waals surface area contributed by atoms with E-state index in [4.69, 9.17) is 11.6 Å². The molecule has 0 unspecified atom stereocenters. The van der Waals surface area contributed by atoms with Crippen molar-refractivity contribution in [1.29, 1.82) is 0 Å². The number of rotatable bonds is 4. The maximum atomic E-state index is 11.4. The zero-order valence-electron chi connectivity index (χ0n) is 13.8. The highest BCUT2D eigenvalue weighted by molar-refractivity contribution is 6.32. The second kappa shape index (κ2) is 6.57. The summed E-state index contributed by atoms with van der Waals surface area (Å²) in [5, 5.41) is 9.01. The van der Waals surface area contributed by atoms with Gasteiger partial charge in [-0.1, -0.05) is 23.7 Å². The average molecular weight is 364 g/mol. The van der Waals surface area contributed by atoms with Gasteiger partial charge in [0.25, 0.3) is 0 Å². The van der Waals surface area contributed by atoms with Crippen LogP contribution < -0.4 is 5.32 Å². The van der Waals surface area contributed by atoms with E-state index in [0.717, 1.165) is 16.8 Å².